The normalized spacial score (nSPS) is 14.1. The van der Waals surface area contributed by atoms with Gasteiger partial charge in [0.25, 0.3) is 0 Å². The van der Waals surface area contributed by atoms with Crippen LogP contribution in [0, 0.1) is 0 Å². The van der Waals surface area contributed by atoms with Gasteiger partial charge in [0.2, 0.25) is 0 Å². The SMILES string of the molecule is CC(NCc1ccc(C(=O)O)cc1)C(C)c1ccccc1C(F)(F)F. The van der Waals surface area contributed by atoms with Gasteiger partial charge >= 0.3 is 12.1 Å². The molecule has 6 heteroatoms. The molecule has 2 N–H and O–H groups in total. The second kappa shape index (κ2) is 7.70. The highest BCUT2D eigenvalue weighted by Gasteiger charge is 2.34. The van der Waals surface area contributed by atoms with Crippen molar-refractivity contribution in [2.24, 2.45) is 0 Å². The van der Waals surface area contributed by atoms with E-state index < -0.39 is 17.7 Å². The summed E-state index contributed by atoms with van der Waals surface area (Å²) in [5.74, 6) is -1.33. The number of hydrogen-bond donors (Lipinski definition) is 2. The lowest BCUT2D eigenvalue weighted by Gasteiger charge is -2.25. The summed E-state index contributed by atoms with van der Waals surface area (Å²) in [4.78, 5) is 10.8. The maximum atomic E-state index is 13.2. The lowest BCUT2D eigenvalue weighted by molar-refractivity contribution is -0.138. The Morgan fingerprint density at radius 1 is 1.08 bits per heavy atom. The van der Waals surface area contributed by atoms with Gasteiger partial charge in [0.15, 0.2) is 0 Å². The summed E-state index contributed by atoms with van der Waals surface area (Å²) >= 11 is 0. The highest BCUT2D eigenvalue weighted by molar-refractivity contribution is 5.87. The van der Waals surface area contributed by atoms with Crippen LogP contribution in [0.5, 0.6) is 0 Å². The van der Waals surface area contributed by atoms with Crippen molar-refractivity contribution in [2.75, 3.05) is 0 Å². The minimum atomic E-state index is -4.38. The zero-order valence-electron chi connectivity index (χ0n) is 14.0. The summed E-state index contributed by atoms with van der Waals surface area (Å²) in [5.41, 5.74) is 0.718. The third kappa shape index (κ3) is 4.82. The molecular formula is C19H20F3NO2. The molecule has 0 aromatic heterocycles. The van der Waals surface area contributed by atoms with Crippen molar-refractivity contribution in [3.05, 3.63) is 70.8 Å². The first-order valence-corrected chi connectivity index (χ1v) is 7.92. The number of hydrogen-bond acceptors (Lipinski definition) is 2. The van der Waals surface area contributed by atoms with Gasteiger partial charge in [-0.25, -0.2) is 4.79 Å². The van der Waals surface area contributed by atoms with Crippen molar-refractivity contribution < 1.29 is 23.1 Å². The van der Waals surface area contributed by atoms with Crippen molar-refractivity contribution in [3.8, 4) is 0 Å². The molecule has 0 saturated carbocycles. The monoisotopic (exact) mass is 351 g/mol. The van der Waals surface area contributed by atoms with Crippen molar-refractivity contribution in [2.45, 2.75) is 38.5 Å². The van der Waals surface area contributed by atoms with E-state index in [0.29, 0.717) is 6.54 Å². The minimum Gasteiger partial charge on any atom is -0.478 e. The first kappa shape index (κ1) is 19.0. The topological polar surface area (TPSA) is 49.3 Å². The Kier molecular flexibility index (Phi) is 5.85. The van der Waals surface area contributed by atoms with E-state index in [1.807, 2.05) is 6.92 Å². The molecule has 3 nitrogen and oxygen atoms in total. The molecule has 0 fully saturated rings. The molecule has 2 atom stereocenters. The second-order valence-electron chi connectivity index (χ2n) is 6.05. The van der Waals surface area contributed by atoms with Crippen molar-refractivity contribution >= 4 is 5.97 Å². The predicted molar refractivity (Wildman–Crippen MR) is 89.6 cm³/mol. The van der Waals surface area contributed by atoms with Crippen LogP contribution in [0.3, 0.4) is 0 Å². The van der Waals surface area contributed by atoms with Gasteiger partial charge in [-0.1, -0.05) is 37.3 Å². The molecule has 25 heavy (non-hydrogen) atoms. The van der Waals surface area contributed by atoms with Crippen LogP contribution in [0.4, 0.5) is 13.2 Å². The molecular weight excluding hydrogens is 331 g/mol. The van der Waals surface area contributed by atoms with Gasteiger partial charge < -0.3 is 10.4 Å². The smallest absolute Gasteiger partial charge is 0.416 e. The fourth-order valence-corrected chi connectivity index (χ4v) is 2.64. The number of aromatic carboxylic acids is 1. The van der Waals surface area contributed by atoms with E-state index in [-0.39, 0.29) is 23.1 Å². The standard InChI is InChI=1S/C19H20F3NO2/c1-12(16-5-3-4-6-17(16)19(20,21)22)13(2)23-11-14-7-9-15(10-8-14)18(24)25/h3-10,12-13,23H,11H2,1-2H3,(H,24,25). The van der Waals surface area contributed by atoms with Gasteiger partial charge in [0.05, 0.1) is 11.1 Å². The molecule has 0 aliphatic carbocycles. The van der Waals surface area contributed by atoms with Gasteiger partial charge in [0, 0.05) is 12.6 Å². The van der Waals surface area contributed by atoms with Crippen molar-refractivity contribution in [1.82, 2.24) is 5.32 Å². The third-order valence-corrected chi connectivity index (χ3v) is 4.34. The molecule has 0 saturated heterocycles. The Hall–Kier alpha value is -2.34. The average molecular weight is 351 g/mol. The molecule has 0 radical (unpaired) electrons. The Labute approximate surface area is 144 Å². The first-order valence-electron chi connectivity index (χ1n) is 7.92. The Balaban J connectivity index is 2.06. The van der Waals surface area contributed by atoms with Gasteiger partial charge in [-0.15, -0.1) is 0 Å². The van der Waals surface area contributed by atoms with E-state index in [2.05, 4.69) is 5.32 Å². The molecule has 2 aromatic rings. The Morgan fingerprint density at radius 2 is 1.68 bits per heavy atom. The summed E-state index contributed by atoms with van der Waals surface area (Å²) in [6.07, 6.45) is -4.38. The molecule has 0 heterocycles. The molecule has 2 rings (SSSR count). The number of carbonyl (C=O) groups is 1. The van der Waals surface area contributed by atoms with Crippen LogP contribution in [0.25, 0.3) is 0 Å². The molecule has 0 spiro atoms. The quantitative estimate of drug-likeness (QED) is 0.794. The van der Waals surface area contributed by atoms with Crippen LogP contribution < -0.4 is 5.32 Å². The predicted octanol–water partition coefficient (Wildman–Crippen LogP) is 4.69. The summed E-state index contributed by atoms with van der Waals surface area (Å²) in [7, 11) is 0. The summed E-state index contributed by atoms with van der Waals surface area (Å²) in [6, 6.07) is 11.8. The van der Waals surface area contributed by atoms with Gasteiger partial charge in [-0.2, -0.15) is 13.2 Å². The maximum absolute atomic E-state index is 13.2. The first-order chi connectivity index (χ1) is 11.7. The van der Waals surface area contributed by atoms with Crippen LogP contribution in [0.15, 0.2) is 48.5 Å². The summed E-state index contributed by atoms with van der Waals surface area (Å²) in [6.45, 7) is 4.04. The van der Waals surface area contributed by atoms with E-state index in [0.717, 1.165) is 11.6 Å². The number of alkyl halides is 3. The highest BCUT2D eigenvalue weighted by atomic mass is 19.4. The Morgan fingerprint density at radius 3 is 2.24 bits per heavy atom. The number of carboxylic acid groups (broad SMARTS) is 1. The van der Waals surface area contributed by atoms with Crippen LogP contribution in [-0.2, 0) is 12.7 Å². The molecule has 0 bridgehead atoms. The van der Waals surface area contributed by atoms with Crippen LogP contribution in [-0.4, -0.2) is 17.1 Å². The highest BCUT2D eigenvalue weighted by Crippen LogP contribution is 2.36. The zero-order valence-corrected chi connectivity index (χ0v) is 14.0. The second-order valence-corrected chi connectivity index (χ2v) is 6.05. The number of halogens is 3. The zero-order chi connectivity index (χ0) is 18.6. The summed E-state index contributed by atoms with van der Waals surface area (Å²) < 4.78 is 39.5. The fourth-order valence-electron chi connectivity index (χ4n) is 2.64. The average Bonchev–Trinajstić information content (AvgIpc) is 2.58. The fraction of sp³-hybridized carbons (Fsp3) is 0.316. The molecule has 0 amide bonds. The molecule has 0 aliphatic heterocycles. The molecule has 2 unspecified atom stereocenters. The van der Waals surface area contributed by atoms with Crippen molar-refractivity contribution in [3.63, 3.8) is 0 Å². The maximum Gasteiger partial charge on any atom is 0.416 e. The van der Waals surface area contributed by atoms with E-state index in [1.165, 1.54) is 24.3 Å². The van der Waals surface area contributed by atoms with Gasteiger partial charge in [0.1, 0.15) is 0 Å². The lowest BCUT2D eigenvalue weighted by atomic mass is 9.90. The van der Waals surface area contributed by atoms with Crippen LogP contribution in [0.1, 0.15) is 46.8 Å². The molecule has 134 valence electrons. The van der Waals surface area contributed by atoms with Gasteiger partial charge in [-0.05, 0) is 42.2 Å². The molecule has 2 aromatic carbocycles. The van der Waals surface area contributed by atoms with Crippen LogP contribution >= 0.6 is 0 Å². The van der Waals surface area contributed by atoms with Gasteiger partial charge in [-0.3, -0.25) is 0 Å². The van der Waals surface area contributed by atoms with E-state index in [4.69, 9.17) is 5.11 Å². The largest absolute Gasteiger partial charge is 0.478 e. The minimum absolute atomic E-state index is 0.192. The van der Waals surface area contributed by atoms with Crippen molar-refractivity contribution in [1.29, 1.82) is 0 Å². The number of nitrogens with one attached hydrogen (secondary N) is 1. The van der Waals surface area contributed by atoms with E-state index in [1.54, 1.807) is 25.1 Å². The lowest BCUT2D eigenvalue weighted by Crippen LogP contribution is -2.31. The number of benzene rings is 2. The van der Waals surface area contributed by atoms with Crippen LogP contribution in [0.2, 0.25) is 0 Å². The van der Waals surface area contributed by atoms with E-state index >= 15 is 0 Å². The van der Waals surface area contributed by atoms with E-state index in [9.17, 15) is 18.0 Å². The third-order valence-electron chi connectivity index (χ3n) is 4.34. The summed E-state index contributed by atoms with van der Waals surface area (Å²) in [5, 5.41) is 12.1. The molecule has 0 aliphatic rings. The number of carboxylic acids is 1. The Bertz CT molecular complexity index is 726. The number of rotatable bonds is 6.